The molecular weight excluding hydrogens is 541 g/mol. The van der Waals surface area contributed by atoms with Crippen molar-refractivity contribution < 1.29 is 14.0 Å². The molecule has 8 heteroatoms. The molecule has 0 bridgehead atoms. The van der Waals surface area contributed by atoms with Gasteiger partial charge in [0.1, 0.15) is 5.82 Å². The van der Waals surface area contributed by atoms with Gasteiger partial charge in [0.05, 0.1) is 6.54 Å². The summed E-state index contributed by atoms with van der Waals surface area (Å²) in [6.07, 6.45) is 3.30. The number of nitrogens with one attached hydrogen (secondary N) is 1. The standard InChI is InChI=1S/C35H44FN5O2/c1-27-7-5-19-40(23-27)33-16-14-32(15-17-33)37-35(43)26-39-22-21-38(24-29-10-12-31(36)13-11-29)18-6-20-41(28(2)42)34-9-4-3-8-30(34)25-39/h3-4,8-17,27H,5-7,18-26H2,1-2H3,(H,37,43). The normalized spacial score (nSPS) is 18.9. The smallest absolute Gasteiger partial charge is 0.238 e. The van der Waals surface area contributed by atoms with Gasteiger partial charge in [-0.3, -0.25) is 19.4 Å². The predicted octanol–water partition coefficient (Wildman–Crippen LogP) is 5.76. The van der Waals surface area contributed by atoms with Gasteiger partial charge in [0.2, 0.25) is 11.8 Å². The van der Waals surface area contributed by atoms with Crippen LogP contribution in [0.3, 0.4) is 0 Å². The third-order valence-corrected chi connectivity index (χ3v) is 8.50. The summed E-state index contributed by atoms with van der Waals surface area (Å²) in [5.74, 6) is 0.385. The Balaban J connectivity index is 1.30. The van der Waals surface area contributed by atoms with Crippen LogP contribution >= 0.6 is 0 Å². The lowest BCUT2D eigenvalue weighted by Crippen LogP contribution is -2.39. The molecule has 5 rings (SSSR count). The van der Waals surface area contributed by atoms with E-state index in [9.17, 15) is 14.0 Å². The molecule has 1 fully saturated rings. The van der Waals surface area contributed by atoms with Crippen LogP contribution in [0, 0.1) is 11.7 Å². The Hall–Kier alpha value is -3.75. The predicted molar refractivity (Wildman–Crippen MR) is 172 cm³/mol. The SMILES string of the molecule is CC(=O)N1CCCN(Cc2ccc(F)cc2)CCN(CC(=O)Nc2ccc(N3CCCC(C)C3)cc2)Cc2ccccc21. The molecule has 2 aliphatic heterocycles. The minimum Gasteiger partial charge on any atom is -0.371 e. The molecule has 228 valence electrons. The molecule has 2 aliphatic rings. The van der Waals surface area contributed by atoms with Gasteiger partial charge < -0.3 is 15.1 Å². The van der Waals surface area contributed by atoms with Crippen LogP contribution in [-0.4, -0.2) is 67.4 Å². The van der Waals surface area contributed by atoms with E-state index in [0.29, 0.717) is 32.1 Å². The van der Waals surface area contributed by atoms with Gasteiger partial charge in [0.25, 0.3) is 0 Å². The van der Waals surface area contributed by atoms with Crippen LogP contribution in [0.4, 0.5) is 21.5 Å². The van der Waals surface area contributed by atoms with Gasteiger partial charge in [-0.05, 0) is 78.8 Å². The number of fused-ring (bicyclic) bond motifs is 1. The van der Waals surface area contributed by atoms with Crippen LogP contribution in [0.1, 0.15) is 44.2 Å². The maximum atomic E-state index is 13.5. The second kappa shape index (κ2) is 14.6. The van der Waals surface area contributed by atoms with E-state index in [-0.39, 0.29) is 24.2 Å². The van der Waals surface area contributed by atoms with E-state index in [1.807, 2.05) is 53.4 Å². The number of hydrogen-bond donors (Lipinski definition) is 1. The summed E-state index contributed by atoms with van der Waals surface area (Å²) in [6, 6.07) is 22.8. The van der Waals surface area contributed by atoms with E-state index in [2.05, 4.69) is 39.1 Å². The summed E-state index contributed by atoms with van der Waals surface area (Å²) in [6.45, 7) is 10.3. The number of piperidine rings is 1. The zero-order valence-corrected chi connectivity index (χ0v) is 25.5. The Labute approximate surface area is 255 Å². The summed E-state index contributed by atoms with van der Waals surface area (Å²) in [5, 5.41) is 3.10. The number of carbonyl (C=O) groups excluding carboxylic acids is 2. The molecule has 1 atom stereocenters. The lowest BCUT2D eigenvalue weighted by molar-refractivity contribution is -0.118. The fourth-order valence-electron chi connectivity index (χ4n) is 6.25. The molecule has 43 heavy (non-hydrogen) atoms. The zero-order valence-electron chi connectivity index (χ0n) is 25.5. The lowest BCUT2D eigenvalue weighted by atomic mass is 10.00. The number of rotatable bonds is 6. The monoisotopic (exact) mass is 585 g/mol. The van der Waals surface area contributed by atoms with E-state index < -0.39 is 0 Å². The first-order valence-electron chi connectivity index (χ1n) is 15.5. The van der Waals surface area contributed by atoms with E-state index in [1.54, 1.807) is 6.92 Å². The highest BCUT2D eigenvalue weighted by molar-refractivity contribution is 5.93. The quantitative estimate of drug-likeness (QED) is 0.399. The summed E-state index contributed by atoms with van der Waals surface area (Å²) < 4.78 is 13.5. The van der Waals surface area contributed by atoms with E-state index >= 15 is 0 Å². The van der Waals surface area contributed by atoms with Crippen molar-refractivity contribution in [1.29, 1.82) is 0 Å². The van der Waals surface area contributed by atoms with E-state index in [0.717, 1.165) is 55.1 Å². The summed E-state index contributed by atoms with van der Waals surface area (Å²) in [5.41, 5.74) is 4.95. The topological polar surface area (TPSA) is 59.1 Å². The number of amides is 2. The number of anilines is 3. The molecule has 0 saturated carbocycles. The summed E-state index contributed by atoms with van der Waals surface area (Å²) >= 11 is 0. The summed E-state index contributed by atoms with van der Waals surface area (Å²) in [4.78, 5) is 34.8. The Morgan fingerprint density at radius 3 is 2.35 bits per heavy atom. The number of benzene rings is 3. The highest BCUT2D eigenvalue weighted by Crippen LogP contribution is 2.26. The molecule has 2 amide bonds. The molecular formula is C35H44FN5O2. The Bertz CT molecular complexity index is 1360. The van der Waals surface area contributed by atoms with Gasteiger partial charge in [0.15, 0.2) is 0 Å². The molecule has 0 aliphatic carbocycles. The van der Waals surface area contributed by atoms with Gasteiger partial charge in [-0.2, -0.15) is 0 Å². The number of carbonyl (C=O) groups is 2. The fraction of sp³-hybridized carbons (Fsp3) is 0.429. The molecule has 1 N–H and O–H groups in total. The molecule has 0 aromatic heterocycles. The van der Waals surface area contributed by atoms with Gasteiger partial charge in [-0.15, -0.1) is 0 Å². The Morgan fingerprint density at radius 2 is 1.60 bits per heavy atom. The molecule has 3 aromatic rings. The van der Waals surface area contributed by atoms with Gasteiger partial charge in [0, 0.05) is 76.3 Å². The number of para-hydroxylation sites is 1. The molecule has 1 unspecified atom stereocenters. The second-order valence-corrected chi connectivity index (χ2v) is 12.1. The van der Waals surface area contributed by atoms with Crippen LogP contribution in [-0.2, 0) is 22.7 Å². The van der Waals surface area contributed by atoms with Gasteiger partial charge >= 0.3 is 0 Å². The van der Waals surface area contributed by atoms with Crippen molar-refractivity contribution in [3.63, 3.8) is 0 Å². The maximum Gasteiger partial charge on any atom is 0.238 e. The van der Waals surface area contributed by atoms with Crippen molar-refractivity contribution in [2.45, 2.75) is 46.2 Å². The summed E-state index contributed by atoms with van der Waals surface area (Å²) in [7, 11) is 0. The molecule has 2 heterocycles. The highest BCUT2D eigenvalue weighted by atomic mass is 19.1. The fourth-order valence-corrected chi connectivity index (χ4v) is 6.25. The van der Waals surface area contributed by atoms with Crippen molar-refractivity contribution >= 4 is 28.9 Å². The molecule has 1 saturated heterocycles. The number of hydrogen-bond acceptors (Lipinski definition) is 5. The average molecular weight is 586 g/mol. The van der Waals surface area contributed by atoms with Crippen LogP contribution in [0.2, 0.25) is 0 Å². The van der Waals surface area contributed by atoms with Crippen LogP contribution in [0.25, 0.3) is 0 Å². The van der Waals surface area contributed by atoms with Gasteiger partial charge in [-0.25, -0.2) is 4.39 Å². The minimum atomic E-state index is -0.246. The highest BCUT2D eigenvalue weighted by Gasteiger charge is 2.22. The first-order valence-corrected chi connectivity index (χ1v) is 15.5. The minimum absolute atomic E-state index is 0.00327. The van der Waals surface area contributed by atoms with Gasteiger partial charge in [-0.1, -0.05) is 37.3 Å². The Morgan fingerprint density at radius 1 is 0.860 bits per heavy atom. The van der Waals surface area contributed by atoms with E-state index in [4.69, 9.17) is 0 Å². The van der Waals surface area contributed by atoms with Crippen molar-refractivity contribution in [1.82, 2.24) is 9.80 Å². The third-order valence-electron chi connectivity index (χ3n) is 8.50. The number of halogens is 1. The van der Waals surface area contributed by atoms with Crippen molar-refractivity contribution in [2.75, 3.05) is 60.9 Å². The largest absolute Gasteiger partial charge is 0.371 e. The number of nitrogens with zero attached hydrogens (tertiary/aromatic N) is 4. The molecule has 0 spiro atoms. The van der Waals surface area contributed by atoms with Crippen molar-refractivity contribution in [3.05, 3.63) is 89.7 Å². The first-order chi connectivity index (χ1) is 20.8. The van der Waals surface area contributed by atoms with Crippen LogP contribution < -0.4 is 15.1 Å². The third kappa shape index (κ3) is 8.65. The van der Waals surface area contributed by atoms with Crippen molar-refractivity contribution in [3.8, 4) is 0 Å². The molecule has 3 aromatic carbocycles. The van der Waals surface area contributed by atoms with Crippen LogP contribution in [0.15, 0.2) is 72.8 Å². The second-order valence-electron chi connectivity index (χ2n) is 12.1. The first kappa shape index (κ1) is 30.7. The lowest BCUT2D eigenvalue weighted by Gasteiger charge is -2.32. The molecule has 0 radical (unpaired) electrons. The molecule has 7 nitrogen and oxygen atoms in total. The zero-order chi connectivity index (χ0) is 30.2. The maximum absolute atomic E-state index is 13.5. The van der Waals surface area contributed by atoms with Crippen molar-refractivity contribution in [2.24, 2.45) is 5.92 Å². The van der Waals surface area contributed by atoms with E-state index in [1.165, 1.54) is 30.7 Å². The average Bonchev–Trinajstić information content (AvgIpc) is 3.02. The Kier molecular flexibility index (Phi) is 10.4. The van der Waals surface area contributed by atoms with Crippen LogP contribution in [0.5, 0.6) is 0 Å².